The molecule has 20 heavy (non-hydrogen) atoms. The van der Waals surface area contributed by atoms with Crippen LogP contribution in [0.5, 0.6) is 0 Å². The summed E-state index contributed by atoms with van der Waals surface area (Å²) in [6.07, 6.45) is 2.73. The van der Waals surface area contributed by atoms with Crippen molar-refractivity contribution >= 4 is 15.7 Å². The topological polar surface area (TPSA) is 72.2 Å². The van der Waals surface area contributed by atoms with Gasteiger partial charge in [-0.15, -0.1) is 0 Å². The van der Waals surface area contributed by atoms with Gasteiger partial charge in [-0.05, 0) is 37.0 Å². The van der Waals surface area contributed by atoms with Crippen molar-refractivity contribution in [1.82, 2.24) is 4.72 Å². The molecule has 1 rings (SSSR count). The lowest BCUT2D eigenvalue weighted by Gasteiger charge is -2.10. The van der Waals surface area contributed by atoms with Crippen molar-refractivity contribution < 1.29 is 12.8 Å². The van der Waals surface area contributed by atoms with E-state index >= 15 is 0 Å². The average molecular weight is 302 g/mol. The smallest absolute Gasteiger partial charge is 0.243 e. The van der Waals surface area contributed by atoms with Crippen LogP contribution < -0.4 is 10.5 Å². The lowest BCUT2D eigenvalue weighted by atomic mass is 10.1. The first-order valence-electron chi connectivity index (χ1n) is 6.79. The second kappa shape index (κ2) is 7.04. The predicted molar refractivity (Wildman–Crippen MR) is 79.4 cm³/mol. The molecule has 0 radical (unpaired) electrons. The third kappa shape index (κ3) is 4.76. The Bertz CT molecular complexity index is 557. The largest absolute Gasteiger partial charge is 0.398 e. The zero-order valence-corrected chi connectivity index (χ0v) is 13.1. The minimum Gasteiger partial charge on any atom is -0.398 e. The van der Waals surface area contributed by atoms with Crippen LogP contribution in [0.25, 0.3) is 0 Å². The minimum absolute atomic E-state index is 0.270. The number of nitrogen functional groups attached to an aromatic ring is 1. The Morgan fingerprint density at radius 1 is 1.30 bits per heavy atom. The third-order valence-electron chi connectivity index (χ3n) is 3.11. The highest BCUT2D eigenvalue weighted by Gasteiger charge is 2.19. The SMILES string of the molecule is Cc1cc(F)c(S(=O)(=O)NCCCCC(C)C)cc1N. The maximum atomic E-state index is 13.7. The van der Waals surface area contributed by atoms with E-state index in [1.807, 2.05) is 0 Å². The van der Waals surface area contributed by atoms with Gasteiger partial charge in [-0.1, -0.05) is 26.7 Å². The molecule has 0 aromatic heterocycles. The van der Waals surface area contributed by atoms with Crippen molar-refractivity contribution in [3.05, 3.63) is 23.5 Å². The number of nitrogens with two attached hydrogens (primary N) is 1. The number of benzene rings is 1. The summed E-state index contributed by atoms with van der Waals surface area (Å²) in [7, 11) is -3.84. The van der Waals surface area contributed by atoms with Crippen molar-refractivity contribution in [3.63, 3.8) is 0 Å². The van der Waals surface area contributed by atoms with Crippen LogP contribution in [0.1, 0.15) is 38.7 Å². The van der Waals surface area contributed by atoms with E-state index in [0.29, 0.717) is 18.0 Å². The van der Waals surface area contributed by atoms with Crippen molar-refractivity contribution in [1.29, 1.82) is 0 Å². The number of halogens is 1. The Labute approximate surface area is 120 Å². The molecular formula is C14H23FN2O2S. The molecule has 0 unspecified atom stereocenters. The summed E-state index contributed by atoms with van der Waals surface area (Å²) in [4.78, 5) is -0.385. The molecule has 0 atom stereocenters. The Kier molecular flexibility index (Phi) is 5.95. The molecule has 4 nitrogen and oxygen atoms in total. The molecule has 0 spiro atoms. The Morgan fingerprint density at radius 2 is 1.95 bits per heavy atom. The van der Waals surface area contributed by atoms with E-state index in [-0.39, 0.29) is 10.6 Å². The number of anilines is 1. The normalized spacial score (nSPS) is 12.1. The molecule has 0 saturated heterocycles. The summed E-state index contributed by atoms with van der Waals surface area (Å²) in [5, 5.41) is 0. The van der Waals surface area contributed by atoms with Crippen LogP contribution in [0.15, 0.2) is 17.0 Å². The molecule has 1 aromatic rings. The van der Waals surface area contributed by atoms with Gasteiger partial charge in [0, 0.05) is 12.2 Å². The molecule has 0 heterocycles. The number of hydrogen-bond acceptors (Lipinski definition) is 3. The molecule has 0 aliphatic rings. The number of unbranched alkanes of at least 4 members (excludes halogenated alkanes) is 1. The van der Waals surface area contributed by atoms with Crippen molar-refractivity contribution in [2.24, 2.45) is 5.92 Å². The van der Waals surface area contributed by atoms with E-state index < -0.39 is 15.8 Å². The van der Waals surface area contributed by atoms with Crippen LogP contribution in [0.3, 0.4) is 0 Å². The highest BCUT2D eigenvalue weighted by atomic mass is 32.2. The lowest BCUT2D eigenvalue weighted by Crippen LogP contribution is -2.26. The molecule has 0 aliphatic carbocycles. The van der Waals surface area contributed by atoms with Crippen LogP contribution in [-0.4, -0.2) is 15.0 Å². The Morgan fingerprint density at radius 3 is 2.55 bits per heavy atom. The number of sulfonamides is 1. The first-order chi connectivity index (χ1) is 9.24. The fourth-order valence-corrected chi connectivity index (χ4v) is 3.00. The van der Waals surface area contributed by atoms with Gasteiger partial charge in [-0.25, -0.2) is 17.5 Å². The van der Waals surface area contributed by atoms with Gasteiger partial charge < -0.3 is 5.73 Å². The van der Waals surface area contributed by atoms with Gasteiger partial charge in [0.15, 0.2) is 0 Å². The van der Waals surface area contributed by atoms with Crippen molar-refractivity contribution in [2.45, 2.75) is 44.9 Å². The number of nitrogens with one attached hydrogen (secondary N) is 1. The number of hydrogen-bond donors (Lipinski definition) is 2. The summed E-state index contributed by atoms with van der Waals surface area (Å²) in [6, 6.07) is 2.31. The Balaban J connectivity index is 2.68. The van der Waals surface area contributed by atoms with Gasteiger partial charge >= 0.3 is 0 Å². The molecule has 114 valence electrons. The molecule has 0 bridgehead atoms. The van der Waals surface area contributed by atoms with Gasteiger partial charge in [0.05, 0.1) is 0 Å². The highest BCUT2D eigenvalue weighted by molar-refractivity contribution is 7.89. The first kappa shape index (κ1) is 16.9. The van der Waals surface area contributed by atoms with Crippen molar-refractivity contribution in [2.75, 3.05) is 12.3 Å². The van der Waals surface area contributed by atoms with Gasteiger partial charge in [0.25, 0.3) is 0 Å². The molecule has 0 amide bonds. The van der Waals surface area contributed by atoms with Crippen molar-refractivity contribution in [3.8, 4) is 0 Å². The van der Waals surface area contributed by atoms with E-state index in [2.05, 4.69) is 18.6 Å². The van der Waals surface area contributed by atoms with E-state index in [1.54, 1.807) is 6.92 Å². The molecule has 0 aliphatic heterocycles. The predicted octanol–water partition coefficient (Wildman–Crippen LogP) is 2.82. The monoisotopic (exact) mass is 302 g/mol. The molecule has 0 fully saturated rings. The zero-order chi connectivity index (χ0) is 15.3. The van der Waals surface area contributed by atoms with Crippen LogP contribution in [0.2, 0.25) is 0 Å². The van der Waals surface area contributed by atoms with Gasteiger partial charge in [0.1, 0.15) is 10.7 Å². The van der Waals surface area contributed by atoms with E-state index in [1.165, 1.54) is 6.07 Å². The summed E-state index contributed by atoms with van der Waals surface area (Å²) < 4.78 is 40.2. The highest BCUT2D eigenvalue weighted by Crippen LogP contribution is 2.21. The van der Waals surface area contributed by atoms with E-state index in [4.69, 9.17) is 5.73 Å². The summed E-state index contributed by atoms with van der Waals surface area (Å²) in [5.74, 6) is -0.174. The Hall–Kier alpha value is -1.14. The van der Waals surface area contributed by atoms with E-state index in [0.717, 1.165) is 25.3 Å². The second-order valence-electron chi connectivity index (χ2n) is 5.43. The van der Waals surface area contributed by atoms with Crippen LogP contribution in [0, 0.1) is 18.7 Å². The maximum Gasteiger partial charge on any atom is 0.243 e. The van der Waals surface area contributed by atoms with Gasteiger partial charge in [-0.3, -0.25) is 0 Å². The zero-order valence-electron chi connectivity index (χ0n) is 12.2. The number of rotatable bonds is 7. The maximum absolute atomic E-state index is 13.7. The first-order valence-corrected chi connectivity index (χ1v) is 8.27. The standard InChI is InChI=1S/C14H23FN2O2S/c1-10(2)6-4-5-7-17-20(18,19)14-9-13(16)11(3)8-12(14)15/h8-10,17H,4-7,16H2,1-3H3. The summed E-state index contributed by atoms with van der Waals surface area (Å²) in [5.41, 5.74) is 6.43. The average Bonchev–Trinajstić information content (AvgIpc) is 2.32. The lowest BCUT2D eigenvalue weighted by molar-refractivity contribution is 0.527. The van der Waals surface area contributed by atoms with Crippen LogP contribution in [0.4, 0.5) is 10.1 Å². The minimum atomic E-state index is -3.84. The molecular weight excluding hydrogens is 279 g/mol. The third-order valence-corrected chi connectivity index (χ3v) is 4.59. The second-order valence-corrected chi connectivity index (χ2v) is 7.16. The summed E-state index contributed by atoms with van der Waals surface area (Å²) >= 11 is 0. The van der Waals surface area contributed by atoms with Crippen LogP contribution in [-0.2, 0) is 10.0 Å². The number of aryl methyl sites for hydroxylation is 1. The molecule has 0 saturated carbocycles. The summed E-state index contributed by atoms with van der Waals surface area (Å²) in [6.45, 7) is 6.18. The molecule has 3 N–H and O–H groups in total. The van der Waals surface area contributed by atoms with E-state index in [9.17, 15) is 12.8 Å². The van der Waals surface area contributed by atoms with Crippen LogP contribution >= 0.6 is 0 Å². The fraction of sp³-hybridized carbons (Fsp3) is 0.571. The molecule has 1 aromatic carbocycles. The van der Waals surface area contributed by atoms with Gasteiger partial charge in [-0.2, -0.15) is 0 Å². The molecule has 6 heteroatoms. The fourth-order valence-electron chi connectivity index (χ4n) is 1.84. The quantitative estimate of drug-likeness (QED) is 0.601. The van der Waals surface area contributed by atoms with Gasteiger partial charge in [0.2, 0.25) is 10.0 Å².